The molecule has 0 saturated carbocycles. The molecule has 2 rings (SSSR count). The van der Waals surface area contributed by atoms with Gasteiger partial charge >= 0.3 is 0 Å². The molecule has 0 aliphatic heterocycles. The fraction of sp³-hybridized carbons (Fsp3) is 0.400. The number of hydrogen-bond acceptors (Lipinski definition) is 5. The van der Waals surface area contributed by atoms with Crippen LogP contribution in [0.15, 0.2) is 28.8 Å². The molecule has 1 amide bonds. The Morgan fingerprint density at radius 1 is 1.33 bits per heavy atom. The summed E-state index contributed by atoms with van der Waals surface area (Å²) in [5.41, 5.74) is 0.850. The molecule has 0 aliphatic carbocycles. The van der Waals surface area contributed by atoms with E-state index in [0.29, 0.717) is 31.1 Å². The average Bonchev–Trinajstić information content (AvgIpc) is 3.00. The number of rotatable bonds is 6. The molecule has 6 nitrogen and oxygen atoms in total. The van der Waals surface area contributed by atoms with Crippen molar-refractivity contribution < 1.29 is 14.1 Å². The van der Waals surface area contributed by atoms with E-state index >= 15 is 0 Å². The second-order valence-corrected chi connectivity index (χ2v) is 4.65. The first-order valence-corrected chi connectivity index (χ1v) is 6.85. The van der Waals surface area contributed by atoms with Crippen LogP contribution in [0.5, 0.6) is 5.75 Å². The van der Waals surface area contributed by atoms with Crippen molar-refractivity contribution in [3.05, 3.63) is 30.2 Å². The Kier molecular flexibility index (Phi) is 4.92. The smallest absolute Gasteiger partial charge is 0.227 e. The van der Waals surface area contributed by atoms with Crippen molar-refractivity contribution in [2.75, 3.05) is 20.7 Å². The second kappa shape index (κ2) is 6.88. The lowest BCUT2D eigenvalue weighted by Gasteiger charge is -2.12. The minimum atomic E-state index is 0.0710. The maximum absolute atomic E-state index is 11.7. The highest BCUT2D eigenvalue weighted by Crippen LogP contribution is 2.20. The molecule has 0 saturated heterocycles. The molecule has 0 aliphatic rings. The number of methoxy groups -OCH3 is 1. The van der Waals surface area contributed by atoms with Crippen LogP contribution < -0.4 is 4.74 Å². The fourth-order valence-electron chi connectivity index (χ4n) is 1.79. The van der Waals surface area contributed by atoms with Gasteiger partial charge in [0.05, 0.1) is 7.11 Å². The topological polar surface area (TPSA) is 68.5 Å². The van der Waals surface area contributed by atoms with E-state index in [1.807, 2.05) is 31.2 Å². The summed E-state index contributed by atoms with van der Waals surface area (Å²) in [5, 5.41) is 3.93. The molecule has 0 spiro atoms. The number of ether oxygens (including phenoxy) is 1. The summed E-state index contributed by atoms with van der Waals surface area (Å²) >= 11 is 0. The van der Waals surface area contributed by atoms with Crippen LogP contribution in [-0.2, 0) is 11.2 Å². The molecule has 6 heteroatoms. The van der Waals surface area contributed by atoms with E-state index in [9.17, 15) is 4.79 Å². The summed E-state index contributed by atoms with van der Waals surface area (Å²) in [4.78, 5) is 17.7. The van der Waals surface area contributed by atoms with Gasteiger partial charge in [0.15, 0.2) is 0 Å². The normalized spacial score (nSPS) is 10.4. The van der Waals surface area contributed by atoms with Crippen molar-refractivity contribution in [3.63, 3.8) is 0 Å². The van der Waals surface area contributed by atoms with Crippen LogP contribution in [0.2, 0.25) is 0 Å². The summed E-state index contributed by atoms with van der Waals surface area (Å²) in [6, 6.07) is 7.41. The van der Waals surface area contributed by atoms with E-state index in [1.54, 1.807) is 19.1 Å². The van der Waals surface area contributed by atoms with E-state index in [0.717, 1.165) is 11.3 Å². The standard InChI is InChI=1S/C15H19N3O3/c1-4-18(2)14(19)10-9-13-16-15(17-21-13)11-5-7-12(20-3)8-6-11/h5-8H,4,9-10H2,1-3H3. The highest BCUT2D eigenvalue weighted by atomic mass is 16.5. The third kappa shape index (κ3) is 3.81. The minimum absolute atomic E-state index is 0.0710. The zero-order chi connectivity index (χ0) is 15.2. The van der Waals surface area contributed by atoms with Crippen LogP contribution in [0.25, 0.3) is 11.4 Å². The number of carbonyl (C=O) groups is 1. The molecule has 0 fully saturated rings. The van der Waals surface area contributed by atoms with Gasteiger partial charge in [-0.25, -0.2) is 0 Å². The fourth-order valence-corrected chi connectivity index (χ4v) is 1.79. The Morgan fingerprint density at radius 3 is 2.67 bits per heavy atom. The van der Waals surface area contributed by atoms with Crippen LogP contribution in [0.1, 0.15) is 19.2 Å². The number of carbonyl (C=O) groups excluding carboxylic acids is 1. The highest BCUT2D eigenvalue weighted by molar-refractivity contribution is 5.75. The zero-order valence-electron chi connectivity index (χ0n) is 12.5. The molecule has 21 heavy (non-hydrogen) atoms. The first-order chi connectivity index (χ1) is 10.1. The lowest BCUT2D eigenvalue weighted by atomic mass is 10.2. The number of amides is 1. The molecular formula is C15H19N3O3. The summed E-state index contributed by atoms with van der Waals surface area (Å²) in [6.45, 7) is 2.63. The molecule has 0 N–H and O–H groups in total. The van der Waals surface area contributed by atoms with Gasteiger partial charge in [0.2, 0.25) is 17.6 Å². The molecule has 0 radical (unpaired) electrons. The van der Waals surface area contributed by atoms with Crippen LogP contribution in [0.3, 0.4) is 0 Å². The summed E-state index contributed by atoms with van der Waals surface area (Å²) in [5.74, 6) is 1.83. The van der Waals surface area contributed by atoms with Gasteiger partial charge in [-0.1, -0.05) is 5.16 Å². The molecule has 2 aromatic rings. The predicted octanol–water partition coefficient (Wildman–Crippen LogP) is 2.16. The zero-order valence-corrected chi connectivity index (χ0v) is 12.5. The molecule has 112 valence electrons. The largest absolute Gasteiger partial charge is 0.497 e. The maximum Gasteiger partial charge on any atom is 0.227 e. The van der Waals surface area contributed by atoms with Crippen LogP contribution >= 0.6 is 0 Å². The van der Waals surface area contributed by atoms with E-state index in [-0.39, 0.29) is 5.91 Å². The number of hydrogen-bond donors (Lipinski definition) is 0. The van der Waals surface area contributed by atoms with Gasteiger partial charge in [0, 0.05) is 32.0 Å². The van der Waals surface area contributed by atoms with Crippen molar-refractivity contribution >= 4 is 5.91 Å². The Hall–Kier alpha value is -2.37. The van der Waals surface area contributed by atoms with E-state index < -0.39 is 0 Å². The van der Waals surface area contributed by atoms with Crippen molar-refractivity contribution in [3.8, 4) is 17.1 Å². The van der Waals surface area contributed by atoms with Gasteiger partial charge in [-0.2, -0.15) is 4.98 Å². The first kappa shape index (κ1) is 15.0. The Labute approximate surface area is 123 Å². The highest BCUT2D eigenvalue weighted by Gasteiger charge is 2.12. The van der Waals surface area contributed by atoms with Gasteiger partial charge in [-0.05, 0) is 31.2 Å². The van der Waals surface area contributed by atoms with Gasteiger partial charge in [-0.3, -0.25) is 4.79 Å². The van der Waals surface area contributed by atoms with Crippen molar-refractivity contribution in [2.45, 2.75) is 19.8 Å². The molecule has 0 unspecified atom stereocenters. The third-order valence-corrected chi connectivity index (χ3v) is 3.27. The number of aromatic nitrogens is 2. The molecule has 0 bridgehead atoms. The Morgan fingerprint density at radius 2 is 2.05 bits per heavy atom. The summed E-state index contributed by atoms with van der Waals surface area (Å²) in [7, 11) is 3.39. The van der Waals surface area contributed by atoms with Crippen molar-refractivity contribution in [2.24, 2.45) is 0 Å². The van der Waals surface area contributed by atoms with Crippen LogP contribution in [0.4, 0.5) is 0 Å². The van der Waals surface area contributed by atoms with Gasteiger partial charge in [0.1, 0.15) is 5.75 Å². The van der Waals surface area contributed by atoms with Gasteiger partial charge < -0.3 is 14.2 Å². The number of benzene rings is 1. The minimum Gasteiger partial charge on any atom is -0.497 e. The number of aryl methyl sites for hydroxylation is 1. The van der Waals surface area contributed by atoms with E-state index in [1.165, 1.54) is 0 Å². The monoisotopic (exact) mass is 289 g/mol. The van der Waals surface area contributed by atoms with E-state index in [4.69, 9.17) is 9.26 Å². The molecule has 1 heterocycles. The summed E-state index contributed by atoms with van der Waals surface area (Å²) < 4.78 is 10.3. The third-order valence-electron chi connectivity index (χ3n) is 3.27. The Balaban J connectivity index is 1.99. The summed E-state index contributed by atoms with van der Waals surface area (Å²) in [6.07, 6.45) is 0.820. The van der Waals surface area contributed by atoms with Crippen molar-refractivity contribution in [1.29, 1.82) is 0 Å². The average molecular weight is 289 g/mol. The number of nitrogens with zero attached hydrogens (tertiary/aromatic N) is 3. The van der Waals surface area contributed by atoms with E-state index in [2.05, 4.69) is 10.1 Å². The van der Waals surface area contributed by atoms with Crippen LogP contribution in [0, 0.1) is 0 Å². The van der Waals surface area contributed by atoms with Crippen molar-refractivity contribution in [1.82, 2.24) is 15.0 Å². The molecule has 1 aromatic carbocycles. The first-order valence-electron chi connectivity index (χ1n) is 6.85. The quantitative estimate of drug-likeness (QED) is 0.815. The molecular weight excluding hydrogens is 270 g/mol. The maximum atomic E-state index is 11.7. The lowest BCUT2D eigenvalue weighted by Crippen LogP contribution is -2.26. The lowest BCUT2D eigenvalue weighted by molar-refractivity contribution is -0.129. The van der Waals surface area contributed by atoms with Crippen LogP contribution in [-0.4, -0.2) is 41.6 Å². The van der Waals surface area contributed by atoms with Gasteiger partial charge in [-0.15, -0.1) is 0 Å². The SMILES string of the molecule is CCN(C)C(=O)CCc1nc(-c2ccc(OC)cc2)no1. The predicted molar refractivity (Wildman–Crippen MR) is 77.9 cm³/mol. The van der Waals surface area contributed by atoms with Gasteiger partial charge in [0.25, 0.3) is 0 Å². The second-order valence-electron chi connectivity index (χ2n) is 4.65. The molecule has 0 atom stereocenters. The molecule has 1 aromatic heterocycles. The Bertz CT molecular complexity index is 592.